The average Bonchev–Trinajstić information content (AvgIpc) is 2.84. The van der Waals surface area contributed by atoms with Gasteiger partial charge in [-0.1, -0.05) is 32.1 Å². The molecular formula is C18H36N4O3S. The molecule has 0 saturated heterocycles. The number of sulfonamides is 1. The fourth-order valence-electron chi connectivity index (χ4n) is 3.34. The van der Waals surface area contributed by atoms with Crippen LogP contribution in [-0.2, 0) is 14.8 Å². The molecule has 0 unspecified atom stereocenters. The summed E-state index contributed by atoms with van der Waals surface area (Å²) < 4.78 is 32.6. The first kappa shape index (κ1) is 21.4. The molecule has 3 N–H and O–H groups in total. The van der Waals surface area contributed by atoms with Gasteiger partial charge in [0.05, 0.1) is 18.5 Å². The van der Waals surface area contributed by atoms with Crippen molar-refractivity contribution in [3.8, 4) is 0 Å². The highest BCUT2D eigenvalue weighted by Gasteiger charge is 2.20. The first-order valence-corrected chi connectivity index (χ1v) is 11.8. The predicted octanol–water partition coefficient (Wildman–Crippen LogP) is 1.61. The van der Waals surface area contributed by atoms with E-state index < -0.39 is 10.0 Å². The van der Waals surface area contributed by atoms with E-state index in [2.05, 4.69) is 20.3 Å². The van der Waals surface area contributed by atoms with Gasteiger partial charge in [-0.25, -0.2) is 13.1 Å². The Morgan fingerprint density at radius 1 is 1.00 bits per heavy atom. The predicted molar refractivity (Wildman–Crippen MR) is 106 cm³/mol. The third-order valence-electron chi connectivity index (χ3n) is 5.25. The molecule has 0 amide bonds. The normalized spacial score (nSPS) is 20.4. The van der Waals surface area contributed by atoms with E-state index in [-0.39, 0.29) is 5.75 Å². The zero-order valence-electron chi connectivity index (χ0n) is 16.1. The topological polar surface area (TPSA) is 91.8 Å². The van der Waals surface area contributed by atoms with E-state index in [1.54, 1.807) is 7.05 Å². The Morgan fingerprint density at radius 2 is 1.69 bits per heavy atom. The quantitative estimate of drug-likeness (QED) is 0.229. The summed E-state index contributed by atoms with van der Waals surface area (Å²) in [5.41, 5.74) is 0. The number of rotatable bonds is 10. The molecule has 26 heavy (non-hydrogen) atoms. The summed E-state index contributed by atoms with van der Waals surface area (Å²) in [7, 11) is -1.53. The van der Waals surface area contributed by atoms with E-state index in [4.69, 9.17) is 4.74 Å². The number of hydrogen-bond acceptors (Lipinski definition) is 4. The van der Waals surface area contributed by atoms with Crippen molar-refractivity contribution in [1.29, 1.82) is 0 Å². The molecule has 0 aromatic carbocycles. The summed E-state index contributed by atoms with van der Waals surface area (Å²) in [6.07, 6.45) is 11.4. The molecule has 7 nitrogen and oxygen atoms in total. The van der Waals surface area contributed by atoms with Crippen LogP contribution in [0.3, 0.4) is 0 Å². The Labute approximate surface area is 158 Å². The SMILES string of the molecule is CN=C(NCCOC1CCCCCC1)NCCS(=O)(=O)NCC1CCC1. The maximum absolute atomic E-state index is 12.0. The summed E-state index contributed by atoms with van der Waals surface area (Å²) in [5, 5.41) is 6.23. The summed E-state index contributed by atoms with van der Waals surface area (Å²) in [6, 6.07) is 0. The first-order valence-electron chi connectivity index (χ1n) is 10.1. The second-order valence-electron chi connectivity index (χ2n) is 7.37. The van der Waals surface area contributed by atoms with Crippen molar-refractivity contribution in [1.82, 2.24) is 15.4 Å². The van der Waals surface area contributed by atoms with Crippen molar-refractivity contribution in [3.05, 3.63) is 0 Å². The molecule has 2 aliphatic carbocycles. The first-order chi connectivity index (χ1) is 12.6. The van der Waals surface area contributed by atoms with Crippen molar-refractivity contribution in [2.75, 3.05) is 39.0 Å². The van der Waals surface area contributed by atoms with E-state index >= 15 is 0 Å². The summed E-state index contributed by atoms with van der Waals surface area (Å²) in [5.74, 6) is 1.20. The lowest BCUT2D eigenvalue weighted by Gasteiger charge is -2.25. The van der Waals surface area contributed by atoms with Crippen molar-refractivity contribution < 1.29 is 13.2 Å². The summed E-state index contributed by atoms with van der Waals surface area (Å²) in [6.45, 7) is 2.23. The lowest BCUT2D eigenvalue weighted by Crippen LogP contribution is -2.43. The number of hydrogen-bond donors (Lipinski definition) is 3. The Hall–Kier alpha value is -0.860. The number of nitrogens with one attached hydrogen (secondary N) is 3. The van der Waals surface area contributed by atoms with E-state index in [0.717, 1.165) is 12.8 Å². The van der Waals surface area contributed by atoms with Crippen molar-refractivity contribution in [2.45, 2.75) is 63.9 Å². The van der Waals surface area contributed by atoms with Crippen LogP contribution in [0.2, 0.25) is 0 Å². The van der Waals surface area contributed by atoms with Crippen LogP contribution < -0.4 is 15.4 Å². The molecule has 0 atom stereocenters. The molecule has 2 fully saturated rings. The van der Waals surface area contributed by atoms with Gasteiger partial charge in [0.1, 0.15) is 0 Å². The molecule has 0 radical (unpaired) electrons. The monoisotopic (exact) mass is 388 g/mol. The van der Waals surface area contributed by atoms with E-state index in [0.29, 0.717) is 44.2 Å². The van der Waals surface area contributed by atoms with Crippen LogP contribution in [0.25, 0.3) is 0 Å². The van der Waals surface area contributed by atoms with Crippen LogP contribution in [0.5, 0.6) is 0 Å². The third-order valence-corrected chi connectivity index (χ3v) is 6.60. The van der Waals surface area contributed by atoms with Gasteiger partial charge >= 0.3 is 0 Å². The molecule has 0 aliphatic heterocycles. The minimum atomic E-state index is -3.22. The van der Waals surface area contributed by atoms with Crippen LogP contribution in [0.4, 0.5) is 0 Å². The maximum atomic E-state index is 12.0. The van der Waals surface area contributed by atoms with Gasteiger partial charge in [0.25, 0.3) is 0 Å². The molecule has 0 bridgehead atoms. The molecule has 2 aliphatic rings. The molecule has 2 saturated carbocycles. The number of guanidine groups is 1. The van der Waals surface area contributed by atoms with Gasteiger partial charge in [-0.05, 0) is 31.6 Å². The van der Waals surface area contributed by atoms with E-state index in [9.17, 15) is 8.42 Å². The number of nitrogens with zero attached hydrogens (tertiary/aromatic N) is 1. The second kappa shape index (κ2) is 11.8. The van der Waals surface area contributed by atoms with E-state index in [1.807, 2.05) is 0 Å². The van der Waals surface area contributed by atoms with Gasteiger partial charge < -0.3 is 15.4 Å². The zero-order valence-corrected chi connectivity index (χ0v) is 17.0. The molecule has 0 aromatic heterocycles. The lowest BCUT2D eigenvalue weighted by atomic mass is 9.86. The summed E-state index contributed by atoms with van der Waals surface area (Å²) in [4.78, 5) is 4.13. The highest BCUT2D eigenvalue weighted by Crippen LogP contribution is 2.25. The fraction of sp³-hybridized carbons (Fsp3) is 0.944. The number of aliphatic imine (C=N–C) groups is 1. The second-order valence-corrected chi connectivity index (χ2v) is 9.30. The van der Waals surface area contributed by atoms with Crippen LogP contribution in [0, 0.1) is 5.92 Å². The maximum Gasteiger partial charge on any atom is 0.213 e. The highest BCUT2D eigenvalue weighted by atomic mass is 32.2. The molecule has 0 heterocycles. The van der Waals surface area contributed by atoms with Gasteiger partial charge in [0, 0.05) is 26.7 Å². The molecule has 0 aromatic rings. The van der Waals surface area contributed by atoms with Gasteiger partial charge in [0.15, 0.2) is 5.96 Å². The Bertz CT molecular complexity index is 513. The van der Waals surface area contributed by atoms with Gasteiger partial charge in [0.2, 0.25) is 10.0 Å². The molecule has 2 rings (SSSR count). The minimum Gasteiger partial charge on any atom is -0.376 e. The highest BCUT2D eigenvalue weighted by molar-refractivity contribution is 7.89. The van der Waals surface area contributed by atoms with E-state index in [1.165, 1.54) is 44.9 Å². The van der Waals surface area contributed by atoms with Crippen LogP contribution in [0.15, 0.2) is 4.99 Å². The standard InChI is InChI=1S/C18H36N4O3S/c1-19-18(20-11-13-25-17-9-4-2-3-5-10-17)21-12-14-26(23,24)22-15-16-7-6-8-16/h16-17,22H,2-15H2,1H3,(H2,19,20,21). The average molecular weight is 389 g/mol. The van der Waals surface area contributed by atoms with Gasteiger partial charge in [-0.3, -0.25) is 4.99 Å². The van der Waals surface area contributed by atoms with Crippen molar-refractivity contribution >= 4 is 16.0 Å². The fourth-order valence-corrected chi connectivity index (χ4v) is 4.35. The smallest absolute Gasteiger partial charge is 0.213 e. The Morgan fingerprint density at radius 3 is 2.31 bits per heavy atom. The van der Waals surface area contributed by atoms with Gasteiger partial charge in [-0.15, -0.1) is 0 Å². The largest absolute Gasteiger partial charge is 0.376 e. The number of ether oxygens (including phenoxy) is 1. The van der Waals surface area contributed by atoms with Crippen molar-refractivity contribution in [2.24, 2.45) is 10.9 Å². The molecule has 152 valence electrons. The minimum absolute atomic E-state index is 0.0546. The van der Waals surface area contributed by atoms with Crippen molar-refractivity contribution in [3.63, 3.8) is 0 Å². The Balaban J connectivity index is 1.53. The molecule has 8 heteroatoms. The molecule has 0 spiro atoms. The zero-order chi connectivity index (χ0) is 18.7. The third kappa shape index (κ3) is 8.68. The molecular weight excluding hydrogens is 352 g/mol. The van der Waals surface area contributed by atoms with Crippen LogP contribution >= 0.6 is 0 Å². The van der Waals surface area contributed by atoms with Crippen LogP contribution in [-0.4, -0.2) is 59.5 Å². The van der Waals surface area contributed by atoms with Gasteiger partial charge in [-0.2, -0.15) is 0 Å². The lowest BCUT2D eigenvalue weighted by molar-refractivity contribution is 0.0468. The Kier molecular flexibility index (Phi) is 9.71. The van der Waals surface area contributed by atoms with Crippen LogP contribution in [0.1, 0.15) is 57.8 Å². The summed E-state index contributed by atoms with van der Waals surface area (Å²) >= 11 is 0.